The molecule has 0 aromatic heterocycles. The van der Waals surface area contributed by atoms with Gasteiger partial charge in [-0.1, -0.05) is 18.9 Å². The summed E-state index contributed by atoms with van der Waals surface area (Å²) in [6.45, 7) is 0.525. The average molecular weight is 317 g/mol. The lowest BCUT2D eigenvalue weighted by Crippen LogP contribution is -2.26. The lowest BCUT2D eigenvalue weighted by atomic mass is 9.76. The van der Waals surface area contributed by atoms with Gasteiger partial charge in [-0.2, -0.15) is 5.26 Å². The van der Waals surface area contributed by atoms with E-state index < -0.39 is 10.0 Å². The Balaban J connectivity index is 1.72. The minimum absolute atomic E-state index is 0.0394. The van der Waals surface area contributed by atoms with Crippen LogP contribution in [0.4, 0.5) is 0 Å². The van der Waals surface area contributed by atoms with Gasteiger partial charge in [-0.15, -0.1) is 0 Å². The summed E-state index contributed by atoms with van der Waals surface area (Å²) in [5.74, 6) is 0.761. The molecule has 0 amide bonds. The number of nitriles is 1. The fourth-order valence-corrected chi connectivity index (χ4v) is 4.20. The van der Waals surface area contributed by atoms with Crippen LogP contribution in [0, 0.1) is 29.2 Å². The molecule has 0 aliphatic heterocycles. The molecular weight excluding hydrogens is 296 g/mol. The molecule has 1 aromatic rings. The maximum atomic E-state index is 12.2. The van der Waals surface area contributed by atoms with Gasteiger partial charge in [0, 0.05) is 12.6 Å². The molecule has 0 saturated heterocycles. The topological polar surface area (TPSA) is 70.0 Å². The molecule has 3 rings (SSSR count). The number of hydrogen-bond donors (Lipinski definition) is 1. The molecule has 2 aliphatic carbocycles. The molecular formula is C17H21N2O2S. The Bertz CT molecular complexity index is 657. The van der Waals surface area contributed by atoms with Crippen LogP contribution in [0.1, 0.15) is 50.0 Å². The van der Waals surface area contributed by atoms with E-state index >= 15 is 0 Å². The van der Waals surface area contributed by atoms with Crippen LogP contribution in [0.15, 0.2) is 23.1 Å². The predicted octanol–water partition coefficient (Wildman–Crippen LogP) is 2.97. The van der Waals surface area contributed by atoms with Crippen LogP contribution in [0.2, 0.25) is 0 Å². The Labute approximate surface area is 132 Å². The largest absolute Gasteiger partial charge is 0.241 e. The summed E-state index contributed by atoms with van der Waals surface area (Å²) in [5, 5.41) is 9.27. The molecule has 0 heterocycles. The molecule has 22 heavy (non-hydrogen) atoms. The molecule has 0 spiro atoms. The van der Waals surface area contributed by atoms with E-state index in [2.05, 4.69) is 16.9 Å². The summed E-state index contributed by atoms with van der Waals surface area (Å²) in [6, 6.07) is 10.5. The van der Waals surface area contributed by atoms with Gasteiger partial charge in [0.15, 0.2) is 0 Å². The van der Waals surface area contributed by atoms with Gasteiger partial charge in [-0.05, 0) is 55.2 Å². The minimum atomic E-state index is -3.45. The highest BCUT2D eigenvalue weighted by atomic mass is 32.2. The Kier molecular flexibility index (Phi) is 4.51. The number of rotatable bonds is 5. The lowest BCUT2D eigenvalue weighted by molar-refractivity contribution is 0.369. The smallest absolute Gasteiger partial charge is 0.211 e. The first kappa shape index (κ1) is 15.5. The van der Waals surface area contributed by atoms with Crippen molar-refractivity contribution in [3.63, 3.8) is 0 Å². The van der Waals surface area contributed by atoms with Gasteiger partial charge in [-0.3, -0.25) is 0 Å². The molecule has 1 N–H and O–H groups in total. The second kappa shape index (κ2) is 6.39. The van der Waals surface area contributed by atoms with Crippen molar-refractivity contribution < 1.29 is 8.42 Å². The molecule has 2 aliphatic rings. The third-order valence-electron chi connectivity index (χ3n) is 4.72. The fraction of sp³-hybridized carbons (Fsp3) is 0.588. The van der Waals surface area contributed by atoms with Crippen molar-refractivity contribution >= 4 is 10.0 Å². The highest BCUT2D eigenvalue weighted by Gasteiger charge is 2.27. The number of hydrogen-bond acceptors (Lipinski definition) is 3. The summed E-state index contributed by atoms with van der Waals surface area (Å²) in [4.78, 5) is 0.196. The van der Waals surface area contributed by atoms with Gasteiger partial charge in [0.25, 0.3) is 0 Å². The van der Waals surface area contributed by atoms with Gasteiger partial charge >= 0.3 is 0 Å². The first-order valence-corrected chi connectivity index (χ1v) is 9.49. The lowest BCUT2D eigenvalue weighted by Gasteiger charge is -2.27. The molecule has 2 unspecified atom stereocenters. The quantitative estimate of drug-likeness (QED) is 0.907. The summed E-state index contributed by atoms with van der Waals surface area (Å²) < 4.78 is 27.0. The van der Waals surface area contributed by atoms with Gasteiger partial charge in [0.2, 0.25) is 10.0 Å². The summed E-state index contributed by atoms with van der Waals surface area (Å²) in [5.41, 5.74) is 1.03. The molecule has 1 aromatic carbocycles. The van der Waals surface area contributed by atoms with Crippen LogP contribution in [-0.2, 0) is 10.0 Å². The first-order chi connectivity index (χ1) is 10.6. The van der Waals surface area contributed by atoms with Crippen molar-refractivity contribution in [3.8, 4) is 6.07 Å². The van der Waals surface area contributed by atoms with Crippen molar-refractivity contribution in [2.45, 2.75) is 49.3 Å². The maximum absolute atomic E-state index is 12.2. The van der Waals surface area contributed by atoms with Crippen molar-refractivity contribution in [2.75, 3.05) is 6.54 Å². The Morgan fingerprint density at radius 2 is 2.00 bits per heavy atom. The third-order valence-corrected chi connectivity index (χ3v) is 6.10. The van der Waals surface area contributed by atoms with Gasteiger partial charge in [0.05, 0.1) is 16.9 Å². The summed E-state index contributed by atoms with van der Waals surface area (Å²) in [7, 11) is -3.45. The van der Waals surface area contributed by atoms with E-state index in [9.17, 15) is 13.7 Å². The number of sulfonamides is 1. The van der Waals surface area contributed by atoms with Gasteiger partial charge < -0.3 is 0 Å². The van der Waals surface area contributed by atoms with E-state index in [1.807, 2.05) is 6.07 Å². The van der Waals surface area contributed by atoms with Crippen LogP contribution >= 0.6 is 0 Å². The summed E-state index contributed by atoms with van der Waals surface area (Å²) in [6.07, 6.45) is 6.40. The van der Waals surface area contributed by atoms with E-state index in [1.165, 1.54) is 0 Å². The number of nitrogens with one attached hydrogen (secondary N) is 1. The second-order valence-electron chi connectivity index (χ2n) is 6.41. The molecule has 4 nitrogen and oxygen atoms in total. The van der Waals surface area contributed by atoms with Crippen LogP contribution in [-0.4, -0.2) is 15.0 Å². The third kappa shape index (κ3) is 3.50. The monoisotopic (exact) mass is 317 g/mol. The zero-order valence-electron chi connectivity index (χ0n) is 12.6. The molecule has 2 saturated carbocycles. The first-order valence-electron chi connectivity index (χ1n) is 8.01. The molecule has 117 valence electrons. The van der Waals surface area contributed by atoms with E-state index in [0.717, 1.165) is 44.1 Å². The van der Waals surface area contributed by atoms with Gasteiger partial charge in [-0.25, -0.2) is 13.1 Å². The Morgan fingerprint density at radius 1 is 1.23 bits per heavy atom. The Hall–Kier alpha value is -1.38. The molecule has 2 atom stereocenters. The minimum Gasteiger partial charge on any atom is -0.211 e. The van der Waals surface area contributed by atoms with Gasteiger partial charge in [0.1, 0.15) is 0 Å². The summed E-state index contributed by atoms with van der Waals surface area (Å²) >= 11 is 0. The van der Waals surface area contributed by atoms with Crippen molar-refractivity contribution in [1.82, 2.24) is 4.72 Å². The number of nitrogens with zero attached hydrogens (tertiary/aromatic N) is 1. The average Bonchev–Trinajstić information content (AvgIpc) is 3.37. The highest BCUT2D eigenvalue weighted by Crippen LogP contribution is 2.37. The zero-order chi connectivity index (χ0) is 15.6. The van der Waals surface area contributed by atoms with E-state index in [-0.39, 0.29) is 16.7 Å². The van der Waals surface area contributed by atoms with Crippen LogP contribution in [0.25, 0.3) is 0 Å². The highest BCUT2D eigenvalue weighted by molar-refractivity contribution is 7.89. The molecule has 5 heteroatoms. The van der Waals surface area contributed by atoms with E-state index in [4.69, 9.17) is 0 Å². The zero-order valence-corrected chi connectivity index (χ0v) is 13.4. The predicted molar refractivity (Wildman–Crippen MR) is 83.5 cm³/mol. The number of benzene rings is 1. The van der Waals surface area contributed by atoms with Crippen molar-refractivity contribution in [2.24, 2.45) is 11.8 Å². The van der Waals surface area contributed by atoms with Crippen LogP contribution < -0.4 is 4.72 Å². The van der Waals surface area contributed by atoms with Crippen molar-refractivity contribution in [1.29, 1.82) is 5.26 Å². The van der Waals surface area contributed by atoms with Crippen molar-refractivity contribution in [3.05, 3.63) is 29.8 Å². The normalized spacial score (nSPS) is 25.6. The molecule has 0 bridgehead atoms. The van der Waals surface area contributed by atoms with Crippen LogP contribution in [0.3, 0.4) is 0 Å². The fourth-order valence-electron chi connectivity index (χ4n) is 3.13. The van der Waals surface area contributed by atoms with E-state index in [0.29, 0.717) is 12.5 Å². The van der Waals surface area contributed by atoms with Crippen LogP contribution in [0.5, 0.6) is 0 Å². The molecule has 2 fully saturated rings. The molecule has 1 radical (unpaired) electrons. The maximum Gasteiger partial charge on any atom is 0.241 e. The standard InChI is InChI=1S/C17H21N2O2S/c18-11-15-3-1-2-4-17(15)14-7-9-16(10-8-14)22(20,21)19-12-13-5-6-13/h7-9,13,15,17,19H,1-6,12H2. The Morgan fingerprint density at radius 3 is 2.64 bits per heavy atom. The van der Waals surface area contributed by atoms with E-state index in [1.54, 1.807) is 12.1 Å². The second-order valence-corrected chi connectivity index (χ2v) is 8.14. The SMILES string of the molecule is N#CC1CCCCC1c1c[c]c(S(=O)(=O)NCC2CC2)cc1.